The van der Waals surface area contributed by atoms with Gasteiger partial charge in [0.15, 0.2) is 0 Å². The number of carbonyl (C=O) groups is 2. The molecule has 0 fully saturated rings. The number of aromatic nitrogens is 1. The van der Waals surface area contributed by atoms with E-state index in [1.165, 1.54) is 12.4 Å². The summed E-state index contributed by atoms with van der Waals surface area (Å²) in [6.45, 7) is 9.49. The molecule has 5 heteroatoms. The van der Waals surface area contributed by atoms with E-state index in [0.29, 0.717) is 36.1 Å². The smallest absolute Gasteiger partial charge is 0.252 e. The molecule has 0 unspecified atom stereocenters. The van der Waals surface area contributed by atoms with E-state index in [1.54, 1.807) is 6.07 Å². The molecule has 1 heterocycles. The molecule has 0 aliphatic carbocycles. The van der Waals surface area contributed by atoms with Crippen LogP contribution < -0.4 is 10.6 Å². The van der Waals surface area contributed by atoms with Crippen molar-refractivity contribution in [2.24, 2.45) is 11.8 Å². The molecule has 1 aromatic rings. The van der Waals surface area contributed by atoms with Crippen molar-refractivity contribution >= 4 is 11.8 Å². The molecule has 1 rings (SSSR count). The molecule has 2 N–H and O–H groups in total. The summed E-state index contributed by atoms with van der Waals surface area (Å²) in [7, 11) is 0. The second-order valence-corrected chi connectivity index (χ2v) is 6.00. The van der Waals surface area contributed by atoms with Crippen molar-refractivity contribution in [3.8, 4) is 0 Å². The van der Waals surface area contributed by atoms with Crippen molar-refractivity contribution in [3.05, 3.63) is 29.6 Å². The van der Waals surface area contributed by atoms with Crippen molar-refractivity contribution in [1.82, 2.24) is 15.6 Å². The summed E-state index contributed by atoms with van der Waals surface area (Å²) in [5.74, 6) is 0.524. The minimum absolute atomic E-state index is 0.193. The van der Waals surface area contributed by atoms with Crippen LogP contribution in [0.5, 0.6) is 0 Å². The minimum atomic E-state index is -0.201. The Hall–Kier alpha value is -1.91. The van der Waals surface area contributed by atoms with E-state index in [0.717, 1.165) is 6.42 Å². The van der Waals surface area contributed by atoms with E-state index in [2.05, 4.69) is 29.5 Å². The maximum absolute atomic E-state index is 12.0. The monoisotopic (exact) mass is 291 g/mol. The third kappa shape index (κ3) is 6.38. The third-order valence-electron chi connectivity index (χ3n) is 2.94. The number of nitrogens with zero attached hydrogens (tertiary/aromatic N) is 1. The number of amides is 2. The van der Waals surface area contributed by atoms with E-state index in [1.807, 2.05) is 13.8 Å². The lowest BCUT2D eigenvalue weighted by atomic mass is 10.1. The van der Waals surface area contributed by atoms with Crippen molar-refractivity contribution in [3.63, 3.8) is 0 Å². The number of nitrogens with one attached hydrogen (secondary N) is 2. The second kappa shape index (κ2) is 8.39. The summed E-state index contributed by atoms with van der Waals surface area (Å²) in [4.78, 5) is 27.9. The van der Waals surface area contributed by atoms with Gasteiger partial charge in [-0.15, -0.1) is 0 Å². The summed E-state index contributed by atoms with van der Waals surface area (Å²) >= 11 is 0. The van der Waals surface area contributed by atoms with Crippen LogP contribution in [-0.4, -0.2) is 29.9 Å². The number of rotatable bonds is 7. The Bertz CT molecular complexity index is 484. The van der Waals surface area contributed by atoms with Crippen molar-refractivity contribution in [1.29, 1.82) is 0 Å². The van der Waals surface area contributed by atoms with Gasteiger partial charge in [0.05, 0.1) is 11.1 Å². The van der Waals surface area contributed by atoms with Gasteiger partial charge < -0.3 is 10.6 Å². The maximum atomic E-state index is 12.0. The zero-order chi connectivity index (χ0) is 15.8. The SMILES string of the molecule is CC(C)CCNC(=O)c1cncc(C(=O)NCC(C)C)c1. The molecule has 2 amide bonds. The van der Waals surface area contributed by atoms with Crippen LogP contribution in [0, 0.1) is 11.8 Å². The Kier molecular flexibility index (Phi) is 6.85. The van der Waals surface area contributed by atoms with Gasteiger partial charge in [-0.3, -0.25) is 14.6 Å². The molecule has 5 nitrogen and oxygen atoms in total. The first-order chi connectivity index (χ1) is 9.90. The predicted octanol–water partition coefficient (Wildman–Crippen LogP) is 2.24. The molecule has 0 aliphatic rings. The van der Waals surface area contributed by atoms with Gasteiger partial charge in [-0.1, -0.05) is 27.7 Å². The highest BCUT2D eigenvalue weighted by Crippen LogP contribution is 2.04. The van der Waals surface area contributed by atoms with Crippen LogP contribution in [0.3, 0.4) is 0 Å². The average Bonchev–Trinajstić information content (AvgIpc) is 2.44. The largest absolute Gasteiger partial charge is 0.352 e. The fourth-order valence-corrected chi connectivity index (χ4v) is 1.66. The molecule has 1 aromatic heterocycles. The van der Waals surface area contributed by atoms with Crippen LogP contribution >= 0.6 is 0 Å². The first-order valence-electron chi connectivity index (χ1n) is 7.41. The molecule has 0 radical (unpaired) electrons. The zero-order valence-corrected chi connectivity index (χ0v) is 13.3. The van der Waals surface area contributed by atoms with Crippen LogP contribution in [-0.2, 0) is 0 Å². The summed E-state index contributed by atoms with van der Waals surface area (Å²) in [6, 6.07) is 1.58. The summed E-state index contributed by atoms with van der Waals surface area (Å²) < 4.78 is 0. The first kappa shape index (κ1) is 17.1. The molecule has 0 aliphatic heterocycles. The van der Waals surface area contributed by atoms with Gasteiger partial charge >= 0.3 is 0 Å². The Morgan fingerprint density at radius 2 is 1.57 bits per heavy atom. The summed E-state index contributed by atoms with van der Waals surface area (Å²) in [5, 5.41) is 5.65. The van der Waals surface area contributed by atoms with Gasteiger partial charge in [0.2, 0.25) is 0 Å². The normalized spacial score (nSPS) is 10.8. The summed E-state index contributed by atoms with van der Waals surface area (Å²) in [6.07, 6.45) is 3.87. The van der Waals surface area contributed by atoms with Crippen LogP contribution in [0.1, 0.15) is 54.8 Å². The molecule has 0 aromatic carbocycles. The third-order valence-corrected chi connectivity index (χ3v) is 2.94. The quantitative estimate of drug-likeness (QED) is 0.809. The number of pyridine rings is 1. The van der Waals surface area contributed by atoms with Gasteiger partial charge in [0.1, 0.15) is 0 Å². The van der Waals surface area contributed by atoms with Crippen LogP contribution in [0.2, 0.25) is 0 Å². The van der Waals surface area contributed by atoms with E-state index >= 15 is 0 Å². The van der Waals surface area contributed by atoms with Crippen molar-refractivity contribution in [2.45, 2.75) is 34.1 Å². The molecular formula is C16H25N3O2. The van der Waals surface area contributed by atoms with Crippen molar-refractivity contribution in [2.75, 3.05) is 13.1 Å². The van der Waals surface area contributed by atoms with Crippen molar-refractivity contribution < 1.29 is 9.59 Å². The number of hydrogen-bond acceptors (Lipinski definition) is 3. The lowest BCUT2D eigenvalue weighted by Crippen LogP contribution is -2.29. The molecule has 0 saturated heterocycles. The molecule has 0 bridgehead atoms. The highest BCUT2D eigenvalue weighted by atomic mass is 16.2. The fourth-order valence-electron chi connectivity index (χ4n) is 1.66. The highest BCUT2D eigenvalue weighted by molar-refractivity contribution is 5.99. The molecule has 0 spiro atoms. The van der Waals surface area contributed by atoms with Gasteiger partial charge in [-0.2, -0.15) is 0 Å². The predicted molar refractivity (Wildman–Crippen MR) is 83.2 cm³/mol. The van der Waals surface area contributed by atoms with E-state index < -0.39 is 0 Å². The average molecular weight is 291 g/mol. The molecule has 0 saturated carbocycles. The highest BCUT2D eigenvalue weighted by Gasteiger charge is 2.11. The Morgan fingerprint density at radius 1 is 1.00 bits per heavy atom. The topological polar surface area (TPSA) is 71.1 Å². The van der Waals surface area contributed by atoms with Crippen LogP contribution in [0.15, 0.2) is 18.5 Å². The lowest BCUT2D eigenvalue weighted by Gasteiger charge is -2.09. The van der Waals surface area contributed by atoms with E-state index in [9.17, 15) is 9.59 Å². The maximum Gasteiger partial charge on any atom is 0.252 e. The Balaban J connectivity index is 2.62. The number of hydrogen-bond donors (Lipinski definition) is 2. The van der Waals surface area contributed by atoms with Crippen LogP contribution in [0.25, 0.3) is 0 Å². The van der Waals surface area contributed by atoms with Gasteiger partial charge in [0.25, 0.3) is 11.8 Å². The molecule has 116 valence electrons. The summed E-state index contributed by atoms with van der Waals surface area (Å²) in [5.41, 5.74) is 0.822. The first-order valence-corrected chi connectivity index (χ1v) is 7.41. The van der Waals surface area contributed by atoms with Gasteiger partial charge in [-0.05, 0) is 24.3 Å². The lowest BCUT2D eigenvalue weighted by molar-refractivity contribution is 0.0948. The molecular weight excluding hydrogens is 266 g/mol. The second-order valence-electron chi connectivity index (χ2n) is 6.00. The van der Waals surface area contributed by atoms with E-state index in [4.69, 9.17) is 0 Å². The Morgan fingerprint density at radius 3 is 2.10 bits per heavy atom. The fraction of sp³-hybridized carbons (Fsp3) is 0.562. The van der Waals surface area contributed by atoms with Gasteiger partial charge in [-0.25, -0.2) is 0 Å². The minimum Gasteiger partial charge on any atom is -0.352 e. The Labute approximate surface area is 126 Å². The van der Waals surface area contributed by atoms with Crippen LogP contribution in [0.4, 0.5) is 0 Å². The van der Waals surface area contributed by atoms with Gasteiger partial charge in [0, 0.05) is 25.5 Å². The molecule has 21 heavy (non-hydrogen) atoms. The van der Waals surface area contributed by atoms with E-state index in [-0.39, 0.29) is 11.8 Å². The molecule has 0 atom stereocenters. The standard InChI is InChI=1S/C16H25N3O2/c1-11(2)5-6-18-15(20)13-7-14(10-17-9-13)16(21)19-8-12(3)4/h7,9-12H,5-6,8H2,1-4H3,(H,18,20)(H,19,21). The zero-order valence-electron chi connectivity index (χ0n) is 13.3. The number of carbonyl (C=O) groups excluding carboxylic acids is 2.